The molecule has 0 atom stereocenters. The highest BCUT2D eigenvalue weighted by molar-refractivity contribution is 5.80. The molecule has 1 aromatic heterocycles. The zero-order chi connectivity index (χ0) is 11.3. The van der Waals surface area contributed by atoms with Crippen molar-refractivity contribution in [2.45, 2.75) is 26.3 Å². The molecule has 1 rings (SSSR count). The van der Waals surface area contributed by atoms with Crippen LogP contribution in [0.3, 0.4) is 0 Å². The lowest BCUT2D eigenvalue weighted by Gasteiger charge is -2.20. The van der Waals surface area contributed by atoms with Gasteiger partial charge in [0.05, 0.1) is 6.54 Å². The van der Waals surface area contributed by atoms with Crippen LogP contribution in [0.1, 0.15) is 20.8 Å². The summed E-state index contributed by atoms with van der Waals surface area (Å²) in [6.07, 6.45) is 3.06. The number of hydrogen-bond donors (Lipinski definition) is 2. The first-order valence-electron chi connectivity index (χ1n) is 4.78. The molecule has 0 spiro atoms. The first-order valence-corrected chi connectivity index (χ1v) is 4.78. The number of anilines is 1. The summed E-state index contributed by atoms with van der Waals surface area (Å²) in [6, 6.07) is 1.71. The second-order valence-electron chi connectivity index (χ2n) is 4.25. The number of nitrogens with one attached hydrogen (secondary N) is 2. The van der Waals surface area contributed by atoms with Gasteiger partial charge in [-0.3, -0.25) is 4.79 Å². The largest absolute Gasteiger partial charge is 0.361 e. The monoisotopic (exact) mass is 208 g/mol. The third-order valence-electron chi connectivity index (χ3n) is 1.53. The van der Waals surface area contributed by atoms with Gasteiger partial charge in [-0.25, -0.2) is 9.97 Å². The van der Waals surface area contributed by atoms with Crippen LogP contribution in [0.5, 0.6) is 0 Å². The van der Waals surface area contributed by atoms with Crippen molar-refractivity contribution in [3.63, 3.8) is 0 Å². The molecular weight excluding hydrogens is 192 g/mol. The quantitative estimate of drug-likeness (QED) is 0.771. The number of nitrogens with zero attached hydrogens (tertiary/aromatic N) is 2. The fraction of sp³-hybridized carbons (Fsp3) is 0.500. The van der Waals surface area contributed by atoms with Crippen molar-refractivity contribution in [3.8, 4) is 0 Å². The minimum atomic E-state index is -0.204. The van der Waals surface area contributed by atoms with Crippen molar-refractivity contribution in [2.24, 2.45) is 0 Å². The van der Waals surface area contributed by atoms with Gasteiger partial charge in [0.2, 0.25) is 5.91 Å². The molecule has 0 radical (unpaired) electrons. The highest BCUT2D eigenvalue weighted by Crippen LogP contribution is 1.99. The minimum Gasteiger partial charge on any atom is -0.361 e. The molecule has 1 aromatic rings. The summed E-state index contributed by atoms with van der Waals surface area (Å²) in [5, 5.41) is 5.75. The standard InChI is InChI=1S/C10H16N4O/c1-10(2,3)14-9(15)6-12-8-4-5-11-7-13-8/h4-5,7H,6H2,1-3H3,(H,14,15)(H,11,12,13). The van der Waals surface area contributed by atoms with Crippen LogP contribution in [0.2, 0.25) is 0 Å². The second kappa shape index (κ2) is 4.72. The van der Waals surface area contributed by atoms with Crippen LogP contribution in [0.4, 0.5) is 5.82 Å². The third-order valence-corrected chi connectivity index (χ3v) is 1.53. The van der Waals surface area contributed by atoms with E-state index in [1.165, 1.54) is 6.33 Å². The van der Waals surface area contributed by atoms with Crippen LogP contribution in [-0.4, -0.2) is 28.0 Å². The van der Waals surface area contributed by atoms with E-state index in [0.29, 0.717) is 5.82 Å². The molecule has 0 bridgehead atoms. The summed E-state index contributed by atoms with van der Waals surface area (Å²) in [5.74, 6) is 0.593. The SMILES string of the molecule is CC(C)(C)NC(=O)CNc1ccncn1. The molecule has 0 fully saturated rings. The fourth-order valence-corrected chi connectivity index (χ4v) is 1.03. The van der Waals surface area contributed by atoms with Crippen molar-refractivity contribution in [1.82, 2.24) is 15.3 Å². The predicted octanol–water partition coefficient (Wildman–Crippen LogP) is 0.803. The maximum absolute atomic E-state index is 11.4. The van der Waals surface area contributed by atoms with Crippen molar-refractivity contribution in [1.29, 1.82) is 0 Å². The molecule has 2 N–H and O–H groups in total. The molecule has 5 nitrogen and oxygen atoms in total. The van der Waals surface area contributed by atoms with Gasteiger partial charge in [0.1, 0.15) is 12.1 Å². The molecule has 0 aromatic carbocycles. The van der Waals surface area contributed by atoms with E-state index in [1.807, 2.05) is 20.8 Å². The molecule has 82 valence electrons. The van der Waals surface area contributed by atoms with Gasteiger partial charge in [0, 0.05) is 11.7 Å². The van der Waals surface area contributed by atoms with E-state index in [-0.39, 0.29) is 18.0 Å². The normalized spacial score (nSPS) is 10.9. The number of aromatic nitrogens is 2. The highest BCUT2D eigenvalue weighted by Gasteiger charge is 2.12. The summed E-state index contributed by atoms with van der Waals surface area (Å²) < 4.78 is 0. The van der Waals surface area contributed by atoms with Gasteiger partial charge in [-0.15, -0.1) is 0 Å². The number of amides is 1. The van der Waals surface area contributed by atoms with Crippen LogP contribution in [-0.2, 0) is 4.79 Å². The Balaban J connectivity index is 2.35. The molecule has 0 aliphatic carbocycles. The van der Waals surface area contributed by atoms with Crippen LogP contribution < -0.4 is 10.6 Å². The first kappa shape index (κ1) is 11.4. The fourth-order valence-electron chi connectivity index (χ4n) is 1.03. The molecule has 0 saturated carbocycles. The van der Waals surface area contributed by atoms with Gasteiger partial charge in [-0.05, 0) is 26.8 Å². The van der Waals surface area contributed by atoms with Crippen molar-refractivity contribution in [3.05, 3.63) is 18.6 Å². The van der Waals surface area contributed by atoms with E-state index in [0.717, 1.165) is 0 Å². The van der Waals surface area contributed by atoms with Gasteiger partial charge >= 0.3 is 0 Å². The minimum absolute atomic E-state index is 0.0545. The summed E-state index contributed by atoms with van der Waals surface area (Å²) in [6.45, 7) is 6.04. The molecule has 1 amide bonds. The Morgan fingerprint density at radius 2 is 2.20 bits per heavy atom. The molecule has 0 unspecified atom stereocenters. The Morgan fingerprint density at radius 3 is 2.73 bits per heavy atom. The molecule has 0 aliphatic heterocycles. The zero-order valence-corrected chi connectivity index (χ0v) is 9.24. The Kier molecular flexibility index (Phi) is 3.60. The average Bonchev–Trinajstić information content (AvgIpc) is 2.14. The van der Waals surface area contributed by atoms with Crippen molar-refractivity contribution < 1.29 is 4.79 Å². The Labute approximate surface area is 89.3 Å². The summed E-state index contributed by atoms with van der Waals surface area (Å²) in [5.41, 5.74) is -0.204. The third kappa shape index (κ3) is 4.95. The maximum Gasteiger partial charge on any atom is 0.239 e. The Bertz CT molecular complexity index is 318. The molecule has 1 heterocycles. The van der Waals surface area contributed by atoms with E-state index in [2.05, 4.69) is 20.6 Å². The molecular formula is C10H16N4O. The van der Waals surface area contributed by atoms with E-state index < -0.39 is 0 Å². The lowest BCUT2D eigenvalue weighted by Crippen LogP contribution is -2.43. The molecule has 15 heavy (non-hydrogen) atoms. The number of carbonyl (C=O) groups is 1. The number of hydrogen-bond acceptors (Lipinski definition) is 4. The van der Waals surface area contributed by atoms with Gasteiger partial charge in [-0.2, -0.15) is 0 Å². The Hall–Kier alpha value is -1.65. The smallest absolute Gasteiger partial charge is 0.239 e. The van der Waals surface area contributed by atoms with Crippen LogP contribution in [0, 0.1) is 0 Å². The van der Waals surface area contributed by atoms with Crippen LogP contribution >= 0.6 is 0 Å². The van der Waals surface area contributed by atoms with Gasteiger partial charge in [0.15, 0.2) is 0 Å². The van der Waals surface area contributed by atoms with Crippen LogP contribution in [0.15, 0.2) is 18.6 Å². The second-order valence-corrected chi connectivity index (χ2v) is 4.25. The van der Waals surface area contributed by atoms with Crippen LogP contribution in [0.25, 0.3) is 0 Å². The number of rotatable bonds is 3. The Morgan fingerprint density at radius 1 is 1.47 bits per heavy atom. The van der Waals surface area contributed by atoms with Gasteiger partial charge in [0.25, 0.3) is 0 Å². The average molecular weight is 208 g/mol. The van der Waals surface area contributed by atoms with E-state index in [9.17, 15) is 4.79 Å². The lowest BCUT2D eigenvalue weighted by atomic mass is 10.1. The van der Waals surface area contributed by atoms with Crippen molar-refractivity contribution >= 4 is 11.7 Å². The zero-order valence-electron chi connectivity index (χ0n) is 9.24. The van der Waals surface area contributed by atoms with E-state index in [1.54, 1.807) is 12.3 Å². The highest BCUT2D eigenvalue weighted by atomic mass is 16.2. The summed E-state index contributed by atoms with van der Waals surface area (Å²) >= 11 is 0. The lowest BCUT2D eigenvalue weighted by molar-refractivity contribution is -0.120. The molecule has 0 saturated heterocycles. The molecule has 0 aliphatic rings. The maximum atomic E-state index is 11.4. The number of carbonyl (C=O) groups excluding carboxylic acids is 1. The first-order chi connectivity index (χ1) is 6.97. The molecule has 5 heteroatoms. The summed E-state index contributed by atoms with van der Waals surface area (Å²) in [4.78, 5) is 19.1. The summed E-state index contributed by atoms with van der Waals surface area (Å²) in [7, 11) is 0. The van der Waals surface area contributed by atoms with Gasteiger partial charge in [-0.1, -0.05) is 0 Å². The predicted molar refractivity (Wildman–Crippen MR) is 58.4 cm³/mol. The van der Waals surface area contributed by atoms with E-state index in [4.69, 9.17) is 0 Å². The van der Waals surface area contributed by atoms with Gasteiger partial charge < -0.3 is 10.6 Å². The topological polar surface area (TPSA) is 66.9 Å². The van der Waals surface area contributed by atoms with Crippen molar-refractivity contribution in [2.75, 3.05) is 11.9 Å². The van der Waals surface area contributed by atoms with E-state index >= 15 is 0 Å².